The summed E-state index contributed by atoms with van der Waals surface area (Å²) in [6.07, 6.45) is -0.659. The van der Waals surface area contributed by atoms with E-state index < -0.39 is 6.10 Å². The van der Waals surface area contributed by atoms with Crippen molar-refractivity contribution in [3.05, 3.63) is 102 Å². The first-order valence-corrected chi connectivity index (χ1v) is 11.5. The van der Waals surface area contributed by atoms with Gasteiger partial charge in [0.15, 0.2) is 0 Å². The fourth-order valence-electron chi connectivity index (χ4n) is 4.47. The van der Waals surface area contributed by atoms with Crippen molar-refractivity contribution in [1.82, 2.24) is 9.88 Å². The Labute approximate surface area is 199 Å². The summed E-state index contributed by atoms with van der Waals surface area (Å²) in [7, 11) is 0. The molecular weight excluding hydrogens is 426 g/mol. The number of aromatic nitrogens is 1. The minimum absolute atomic E-state index is 0.0795. The molecule has 2 heterocycles. The number of benzene rings is 3. The number of fused-ring (bicyclic) bond motifs is 1. The number of rotatable bonds is 9. The molecule has 4 aromatic rings. The standard InChI is InChI=1S/C28H27N3O3/c29-15-22-14-25-26(30-22)12-7-13-27(25)34-19-23(32)18-33-24-16-31(17-24)28(20-8-3-1-4-9-20)21-10-5-2-6-11-21/h1-14,23-24,28,30,32H,16-19H2. The third-order valence-electron chi connectivity index (χ3n) is 6.17. The monoisotopic (exact) mass is 453 g/mol. The van der Waals surface area contributed by atoms with E-state index in [9.17, 15) is 5.11 Å². The zero-order valence-electron chi connectivity index (χ0n) is 18.8. The Bertz CT molecular complexity index is 1220. The lowest BCUT2D eigenvalue weighted by Crippen LogP contribution is -2.54. The van der Waals surface area contributed by atoms with Crippen molar-refractivity contribution in [2.45, 2.75) is 18.2 Å². The van der Waals surface area contributed by atoms with Crippen molar-refractivity contribution in [3.8, 4) is 11.8 Å². The Morgan fingerprint density at radius 3 is 2.26 bits per heavy atom. The molecule has 0 spiro atoms. The molecular formula is C28H27N3O3. The highest BCUT2D eigenvalue weighted by molar-refractivity contribution is 5.87. The topological polar surface area (TPSA) is 81.5 Å². The zero-order chi connectivity index (χ0) is 23.3. The largest absolute Gasteiger partial charge is 0.490 e. The van der Waals surface area contributed by atoms with E-state index >= 15 is 0 Å². The Morgan fingerprint density at radius 2 is 1.62 bits per heavy atom. The van der Waals surface area contributed by atoms with Crippen LogP contribution < -0.4 is 4.74 Å². The predicted molar refractivity (Wildman–Crippen MR) is 131 cm³/mol. The molecule has 1 aliphatic rings. The molecule has 0 aliphatic carbocycles. The summed E-state index contributed by atoms with van der Waals surface area (Å²) in [6.45, 7) is 1.95. The molecule has 5 rings (SSSR count). The predicted octanol–water partition coefficient (Wildman–Crippen LogP) is 4.27. The first-order valence-electron chi connectivity index (χ1n) is 11.5. The summed E-state index contributed by atoms with van der Waals surface area (Å²) >= 11 is 0. The van der Waals surface area contributed by atoms with E-state index in [1.165, 1.54) is 11.1 Å². The van der Waals surface area contributed by atoms with Crippen LogP contribution in [0.25, 0.3) is 10.9 Å². The average Bonchev–Trinajstić information content (AvgIpc) is 3.29. The van der Waals surface area contributed by atoms with E-state index in [1.54, 1.807) is 6.07 Å². The van der Waals surface area contributed by atoms with Gasteiger partial charge in [-0.15, -0.1) is 0 Å². The third kappa shape index (κ3) is 4.82. The van der Waals surface area contributed by atoms with E-state index in [0.29, 0.717) is 11.4 Å². The molecule has 0 saturated carbocycles. The number of nitrogens with zero attached hydrogens (tertiary/aromatic N) is 2. The number of aromatic amines is 1. The van der Waals surface area contributed by atoms with E-state index in [1.807, 2.05) is 30.3 Å². The average molecular weight is 454 g/mol. The number of hydrogen-bond acceptors (Lipinski definition) is 5. The number of nitriles is 1. The smallest absolute Gasteiger partial charge is 0.128 e. The Morgan fingerprint density at radius 1 is 0.941 bits per heavy atom. The number of aliphatic hydroxyl groups is 1. The second-order valence-electron chi connectivity index (χ2n) is 8.61. The van der Waals surface area contributed by atoms with E-state index in [2.05, 4.69) is 64.5 Å². The molecule has 6 heteroatoms. The van der Waals surface area contributed by atoms with Crippen molar-refractivity contribution in [2.24, 2.45) is 0 Å². The lowest BCUT2D eigenvalue weighted by Gasteiger charge is -2.44. The first kappa shape index (κ1) is 22.2. The van der Waals surface area contributed by atoms with Crippen LogP contribution in [0.4, 0.5) is 0 Å². The number of likely N-dealkylation sites (tertiary alicyclic amines) is 1. The lowest BCUT2D eigenvalue weighted by molar-refractivity contribution is -0.0944. The van der Waals surface area contributed by atoms with Gasteiger partial charge in [-0.25, -0.2) is 0 Å². The van der Waals surface area contributed by atoms with Gasteiger partial charge in [-0.1, -0.05) is 66.7 Å². The Kier molecular flexibility index (Phi) is 6.59. The maximum absolute atomic E-state index is 10.4. The Hall–Kier alpha value is -3.63. The van der Waals surface area contributed by atoms with Gasteiger partial charge >= 0.3 is 0 Å². The fourth-order valence-corrected chi connectivity index (χ4v) is 4.47. The molecule has 1 atom stereocenters. The minimum Gasteiger partial charge on any atom is -0.490 e. The van der Waals surface area contributed by atoms with Crippen molar-refractivity contribution in [3.63, 3.8) is 0 Å². The van der Waals surface area contributed by atoms with Crippen LogP contribution >= 0.6 is 0 Å². The van der Waals surface area contributed by atoms with Gasteiger partial charge in [0.2, 0.25) is 0 Å². The molecule has 1 aromatic heterocycles. The van der Waals surface area contributed by atoms with Gasteiger partial charge in [0.1, 0.15) is 30.2 Å². The normalized spacial score (nSPS) is 15.2. The molecule has 34 heavy (non-hydrogen) atoms. The van der Waals surface area contributed by atoms with Gasteiger partial charge in [-0.05, 0) is 29.3 Å². The number of aliphatic hydroxyl groups excluding tert-OH is 1. The first-order chi connectivity index (χ1) is 16.7. The van der Waals surface area contributed by atoms with E-state index in [-0.39, 0.29) is 25.4 Å². The summed E-state index contributed by atoms with van der Waals surface area (Å²) in [5.41, 5.74) is 3.84. The molecule has 6 nitrogen and oxygen atoms in total. The van der Waals surface area contributed by atoms with Crippen LogP contribution in [0.5, 0.6) is 5.75 Å². The molecule has 1 fully saturated rings. The van der Waals surface area contributed by atoms with Gasteiger partial charge in [0, 0.05) is 18.5 Å². The third-order valence-corrected chi connectivity index (χ3v) is 6.17. The van der Waals surface area contributed by atoms with Crippen molar-refractivity contribution in [2.75, 3.05) is 26.3 Å². The molecule has 1 saturated heterocycles. The highest BCUT2D eigenvalue weighted by atomic mass is 16.5. The minimum atomic E-state index is -0.738. The van der Waals surface area contributed by atoms with Gasteiger partial charge in [-0.2, -0.15) is 5.26 Å². The number of hydrogen-bond donors (Lipinski definition) is 2. The summed E-state index contributed by atoms with van der Waals surface area (Å²) in [6, 6.07) is 30.7. The maximum Gasteiger partial charge on any atom is 0.128 e. The van der Waals surface area contributed by atoms with Crippen molar-refractivity contribution < 1.29 is 14.6 Å². The summed E-state index contributed by atoms with van der Waals surface area (Å²) < 4.78 is 11.8. The molecule has 0 amide bonds. The highest BCUT2D eigenvalue weighted by Crippen LogP contribution is 2.33. The quantitative estimate of drug-likeness (QED) is 0.396. The van der Waals surface area contributed by atoms with Crippen LogP contribution in [0.1, 0.15) is 22.9 Å². The summed E-state index contributed by atoms with van der Waals surface area (Å²) in [5.74, 6) is 0.637. The van der Waals surface area contributed by atoms with E-state index in [4.69, 9.17) is 14.7 Å². The highest BCUT2D eigenvalue weighted by Gasteiger charge is 2.34. The summed E-state index contributed by atoms with van der Waals surface area (Å²) in [4.78, 5) is 5.43. The van der Waals surface area contributed by atoms with Crippen LogP contribution in [-0.4, -0.2) is 53.5 Å². The molecule has 172 valence electrons. The van der Waals surface area contributed by atoms with Gasteiger partial charge < -0.3 is 19.6 Å². The van der Waals surface area contributed by atoms with Crippen LogP contribution in [-0.2, 0) is 4.74 Å². The molecule has 2 N–H and O–H groups in total. The van der Waals surface area contributed by atoms with Crippen LogP contribution in [0.15, 0.2) is 84.9 Å². The van der Waals surface area contributed by atoms with Gasteiger partial charge in [-0.3, -0.25) is 4.90 Å². The van der Waals surface area contributed by atoms with Gasteiger partial charge in [0.25, 0.3) is 0 Å². The number of nitrogens with one attached hydrogen (secondary N) is 1. The van der Waals surface area contributed by atoms with Crippen LogP contribution in [0.3, 0.4) is 0 Å². The van der Waals surface area contributed by atoms with Crippen molar-refractivity contribution >= 4 is 10.9 Å². The zero-order valence-corrected chi connectivity index (χ0v) is 18.8. The molecule has 3 aromatic carbocycles. The second kappa shape index (κ2) is 10.1. The molecule has 1 aliphatic heterocycles. The number of ether oxygens (including phenoxy) is 2. The van der Waals surface area contributed by atoms with E-state index in [0.717, 1.165) is 24.0 Å². The SMILES string of the molecule is N#Cc1cc2c(OCC(O)COC3CN(C(c4ccccc4)c4ccccc4)C3)cccc2[nH]1. The van der Waals surface area contributed by atoms with Crippen molar-refractivity contribution in [1.29, 1.82) is 5.26 Å². The maximum atomic E-state index is 10.4. The lowest BCUT2D eigenvalue weighted by atomic mass is 9.94. The molecule has 0 radical (unpaired) electrons. The molecule has 0 bridgehead atoms. The van der Waals surface area contributed by atoms with Gasteiger partial charge in [0.05, 0.1) is 24.3 Å². The second-order valence-corrected chi connectivity index (χ2v) is 8.61. The van der Waals surface area contributed by atoms with Crippen LogP contribution in [0.2, 0.25) is 0 Å². The van der Waals surface area contributed by atoms with Crippen LogP contribution in [0, 0.1) is 11.3 Å². The Balaban J connectivity index is 1.13. The number of H-pyrrole nitrogens is 1. The summed E-state index contributed by atoms with van der Waals surface area (Å²) in [5, 5.41) is 20.3. The fraction of sp³-hybridized carbons (Fsp3) is 0.250. The molecule has 1 unspecified atom stereocenters.